The Hall–Kier alpha value is -3.18. The van der Waals surface area contributed by atoms with Gasteiger partial charge in [-0.2, -0.15) is 0 Å². The molecular formula is C47H59IrN2O2S-. The Morgan fingerprint density at radius 3 is 2.21 bits per heavy atom. The number of nitrogens with zero attached hydrogens (tertiary/aromatic N) is 2. The van der Waals surface area contributed by atoms with Gasteiger partial charge in [0.05, 0.1) is 0 Å². The molecule has 1 N–H and O–H groups in total. The number of hydrogen-bond acceptors (Lipinski definition) is 5. The molecule has 5 aromatic rings. The summed E-state index contributed by atoms with van der Waals surface area (Å²) in [4.78, 5) is 23.2. The monoisotopic (exact) mass is 908 g/mol. The maximum atomic E-state index is 12.2. The van der Waals surface area contributed by atoms with Crippen LogP contribution in [-0.4, -0.2) is 20.9 Å². The van der Waals surface area contributed by atoms with Crippen LogP contribution in [0.15, 0.2) is 66.8 Å². The number of pyridine rings is 2. The average molecular weight is 908 g/mol. The molecule has 0 bridgehead atoms. The number of aryl methyl sites for hydroxylation is 1. The summed E-state index contributed by atoms with van der Waals surface area (Å²) in [6, 6.07) is 16.8. The quantitative estimate of drug-likeness (QED) is 0.0861. The van der Waals surface area contributed by atoms with Gasteiger partial charge < -0.3 is 5.11 Å². The predicted molar refractivity (Wildman–Crippen MR) is 222 cm³/mol. The topological polar surface area (TPSA) is 63.1 Å². The van der Waals surface area contributed by atoms with Gasteiger partial charge in [0.15, 0.2) is 5.78 Å². The maximum Gasteiger partial charge on any atom is 0.164 e. The van der Waals surface area contributed by atoms with E-state index in [0.717, 1.165) is 61.6 Å². The second-order valence-corrected chi connectivity index (χ2v) is 17.8. The number of hydrogen-bond donors (Lipinski definition) is 1. The Labute approximate surface area is 336 Å². The fourth-order valence-electron chi connectivity index (χ4n) is 7.29. The SMILES string of the molecule is CC(C)Cc1cncc2c1CCc1sc3c(-c4[c-]c5ccccc5c(C(C)(C)C)c4)nccc3c1-2.CCC(C)(CC)C(=O)/C=C(\O)C(C)(CC)CC.[Ir]. The molecule has 53 heavy (non-hydrogen) atoms. The van der Waals surface area contributed by atoms with E-state index < -0.39 is 0 Å². The van der Waals surface area contributed by atoms with E-state index in [1.807, 2.05) is 59.1 Å². The van der Waals surface area contributed by atoms with Crippen LogP contribution >= 0.6 is 11.3 Å². The van der Waals surface area contributed by atoms with Crippen molar-refractivity contribution in [1.82, 2.24) is 9.97 Å². The van der Waals surface area contributed by atoms with Crippen LogP contribution in [0.1, 0.15) is 123 Å². The number of aliphatic hydroxyl groups excluding tert-OH is 1. The van der Waals surface area contributed by atoms with Crippen molar-refractivity contribution in [2.24, 2.45) is 16.7 Å². The third kappa shape index (κ3) is 8.71. The van der Waals surface area contributed by atoms with Gasteiger partial charge in [0.25, 0.3) is 0 Å². The number of ketones is 1. The molecule has 0 spiro atoms. The van der Waals surface area contributed by atoms with Gasteiger partial charge in [-0.15, -0.1) is 40.5 Å². The van der Waals surface area contributed by atoms with Crippen molar-refractivity contribution in [2.75, 3.05) is 0 Å². The molecule has 2 aromatic carbocycles. The van der Waals surface area contributed by atoms with E-state index in [-0.39, 0.29) is 47.9 Å². The zero-order valence-electron chi connectivity index (χ0n) is 33.8. The number of allylic oxidation sites excluding steroid dienone is 2. The second-order valence-electron chi connectivity index (χ2n) is 16.7. The first-order valence-corrected chi connectivity index (χ1v) is 20.2. The molecule has 0 atom stereocenters. The Bertz CT molecular complexity index is 2090. The van der Waals surface area contributed by atoms with Gasteiger partial charge in [-0.3, -0.25) is 14.8 Å². The molecule has 0 fully saturated rings. The Morgan fingerprint density at radius 2 is 1.58 bits per heavy atom. The van der Waals surface area contributed by atoms with E-state index >= 15 is 0 Å². The number of carbonyl (C=O) groups is 1. The van der Waals surface area contributed by atoms with E-state index in [4.69, 9.17) is 4.98 Å². The van der Waals surface area contributed by atoms with Crippen LogP contribution < -0.4 is 0 Å². The summed E-state index contributed by atoms with van der Waals surface area (Å²) in [5, 5.41) is 13.9. The zero-order chi connectivity index (χ0) is 38.0. The predicted octanol–water partition coefficient (Wildman–Crippen LogP) is 13.2. The van der Waals surface area contributed by atoms with Crippen LogP contribution in [0.3, 0.4) is 0 Å². The van der Waals surface area contributed by atoms with Gasteiger partial charge in [0.2, 0.25) is 0 Å². The molecule has 6 heteroatoms. The number of rotatable bonds is 10. The van der Waals surface area contributed by atoms with Crippen molar-refractivity contribution in [1.29, 1.82) is 0 Å². The standard InChI is InChI=1S/C32H31N2S.C15H28O2.Ir/c1-19(2)14-22-17-33-18-26-23(22)10-11-28-29(26)25-12-13-34-30(31(25)35-28)21-15-20-8-6-7-9-24(20)27(16-21)32(3,4)5;1-7-14(5,8-2)12(16)11-13(17)15(6,9-3)10-4;/h6-9,12-13,16-19H,10-11,14H2,1-5H3;11,16H,7-10H2,1-6H3;/q-1;;/b;12-11-;. The summed E-state index contributed by atoms with van der Waals surface area (Å²) < 4.78 is 1.27. The Balaban J connectivity index is 0.000000299. The molecule has 4 nitrogen and oxygen atoms in total. The summed E-state index contributed by atoms with van der Waals surface area (Å²) in [6.07, 6.45) is 14.2. The van der Waals surface area contributed by atoms with Gasteiger partial charge in [0, 0.05) is 82.0 Å². The van der Waals surface area contributed by atoms with Crippen LogP contribution in [0.5, 0.6) is 0 Å². The molecule has 6 rings (SSSR count). The van der Waals surface area contributed by atoms with Crippen LogP contribution in [-0.2, 0) is 49.6 Å². The van der Waals surface area contributed by atoms with E-state index in [0.29, 0.717) is 5.92 Å². The summed E-state index contributed by atoms with van der Waals surface area (Å²) in [6.45, 7) is 23.5. The first kappa shape index (κ1) is 42.6. The molecule has 3 aromatic heterocycles. The number of carbonyl (C=O) groups excluding carboxylic acids is 1. The van der Waals surface area contributed by atoms with Crippen molar-refractivity contribution < 1.29 is 30.0 Å². The molecule has 0 amide bonds. The molecule has 0 saturated carbocycles. The zero-order valence-corrected chi connectivity index (χ0v) is 37.0. The fraction of sp³-hybridized carbons (Fsp3) is 0.468. The van der Waals surface area contributed by atoms with Gasteiger partial charge in [-0.1, -0.05) is 105 Å². The fourth-order valence-corrected chi connectivity index (χ4v) is 8.61. The number of fused-ring (bicyclic) bond motifs is 6. The molecule has 1 aliphatic carbocycles. The number of benzene rings is 2. The largest absolute Gasteiger partial charge is 0.512 e. The molecule has 0 aliphatic heterocycles. The first-order chi connectivity index (χ1) is 24.6. The van der Waals surface area contributed by atoms with Crippen molar-refractivity contribution in [3.8, 4) is 22.4 Å². The van der Waals surface area contributed by atoms with Gasteiger partial charge >= 0.3 is 0 Å². The van der Waals surface area contributed by atoms with Crippen LogP contribution in [0.2, 0.25) is 0 Å². The minimum atomic E-state index is -0.337. The van der Waals surface area contributed by atoms with E-state index in [1.54, 1.807) is 0 Å². The summed E-state index contributed by atoms with van der Waals surface area (Å²) >= 11 is 1.91. The molecule has 0 unspecified atom stereocenters. The molecule has 1 radical (unpaired) electrons. The normalized spacial score (nSPS) is 13.3. The van der Waals surface area contributed by atoms with Crippen LogP contribution in [0.4, 0.5) is 0 Å². The minimum absolute atomic E-state index is 0. The van der Waals surface area contributed by atoms with Crippen LogP contribution in [0, 0.1) is 22.8 Å². The van der Waals surface area contributed by atoms with E-state index in [9.17, 15) is 9.90 Å². The summed E-state index contributed by atoms with van der Waals surface area (Å²) in [5.41, 5.74) is 8.51. The number of aliphatic hydroxyl groups is 1. The molecule has 0 saturated heterocycles. The van der Waals surface area contributed by atoms with Gasteiger partial charge in [0.1, 0.15) is 5.76 Å². The average Bonchev–Trinajstić information content (AvgIpc) is 3.53. The Kier molecular flexibility index (Phi) is 13.7. The second kappa shape index (κ2) is 17.1. The molecule has 285 valence electrons. The van der Waals surface area contributed by atoms with E-state index in [1.165, 1.54) is 54.2 Å². The molecule has 1 aliphatic rings. The Morgan fingerprint density at radius 1 is 0.925 bits per heavy atom. The van der Waals surface area contributed by atoms with Gasteiger partial charge in [-0.25, -0.2) is 0 Å². The summed E-state index contributed by atoms with van der Waals surface area (Å²) in [7, 11) is 0. The third-order valence-corrected chi connectivity index (χ3v) is 13.0. The third-order valence-electron chi connectivity index (χ3n) is 11.8. The first-order valence-electron chi connectivity index (χ1n) is 19.4. The van der Waals surface area contributed by atoms with Crippen molar-refractivity contribution in [3.63, 3.8) is 0 Å². The van der Waals surface area contributed by atoms with Gasteiger partial charge in [-0.05, 0) is 78.9 Å². The maximum absolute atomic E-state index is 12.2. The van der Waals surface area contributed by atoms with Crippen LogP contribution in [0.25, 0.3) is 43.2 Å². The number of thiophene rings is 1. The minimum Gasteiger partial charge on any atom is -0.512 e. The molecular weight excluding hydrogens is 849 g/mol. The summed E-state index contributed by atoms with van der Waals surface area (Å²) in [5.74, 6) is 0.911. The van der Waals surface area contributed by atoms with Crippen molar-refractivity contribution in [3.05, 3.63) is 94.5 Å². The van der Waals surface area contributed by atoms with Crippen molar-refractivity contribution >= 4 is 38.0 Å². The van der Waals surface area contributed by atoms with Crippen molar-refractivity contribution in [2.45, 2.75) is 127 Å². The number of aromatic nitrogens is 2. The van der Waals surface area contributed by atoms with E-state index in [2.05, 4.69) is 94.5 Å². The molecule has 3 heterocycles. The smallest absolute Gasteiger partial charge is 0.164 e.